The van der Waals surface area contributed by atoms with E-state index in [0.717, 1.165) is 48.5 Å². The zero-order valence-electron chi connectivity index (χ0n) is 21.9. The van der Waals surface area contributed by atoms with E-state index in [1.807, 2.05) is 0 Å². The number of halogens is 1. The number of phenols is 2. The van der Waals surface area contributed by atoms with Crippen LogP contribution in [0.5, 0.6) is 11.5 Å². The van der Waals surface area contributed by atoms with Gasteiger partial charge in [-0.2, -0.15) is 10.0 Å². The maximum atomic E-state index is 14.5. The van der Waals surface area contributed by atoms with E-state index in [1.54, 1.807) is 0 Å². The Morgan fingerprint density at radius 1 is 0.636 bits per heavy atom. The number of hydrogen-bond donors (Lipinski definition) is 4. The molecule has 4 rings (SSSR count). The molecule has 0 atom stereocenters. The Kier molecular flexibility index (Phi) is 8.45. The molecule has 0 aliphatic heterocycles. The number of benzene rings is 4. The number of rotatable bonds is 7. The lowest BCUT2D eigenvalue weighted by atomic mass is 10.2. The number of phenolic OH excluding ortho intramolecular Hbond substituents is 2. The topological polar surface area (TPSA) is 235 Å². The first-order valence-electron chi connectivity index (χ1n) is 12.0. The number of urea groups is 2. The lowest BCUT2D eigenvalue weighted by molar-refractivity contribution is -0.385. The second kappa shape index (κ2) is 12.3. The van der Waals surface area contributed by atoms with E-state index >= 15 is 0 Å². The summed E-state index contributed by atoms with van der Waals surface area (Å²) in [5, 5.41) is 60.7. The highest BCUT2D eigenvalue weighted by atomic mass is 19.1. The fourth-order valence-electron chi connectivity index (χ4n) is 3.86. The van der Waals surface area contributed by atoms with Crippen molar-refractivity contribution in [2.24, 2.45) is 0 Å². The van der Waals surface area contributed by atoms with Crippen molar-refractivity contribution in [1.29, 1.82) is 0 Å². The molecule has 0 saturated carbocycles. The van der Waals surface area contributed by atoms with Crippen molar-refractivity contribution in [2.75, 3.05) is 20.7 Å². The molecular formula is C26H18FN7O10. The van der Waals surface area contributed by atoms with Crippen molar-refractivity contribution in [3.8, 4) is 11.5 Å². The fourth-order valence-corrected chi connectivity index (χ4v) is 3.86. The van der Waals surface area contributed by atoms with Gasteiger partial charge in [0.1, 0.15) is 34.4 Å². The van der Waals surface area contributed by atoms with Gasteiger partial charge in [-0.25, -0.2) is 14.0 Å². The number of amides is 4. The number of carbonyl (C=O) groups excluding carboxylic acids is 2. The van der Waals surface area contributed by atoms with Crippen molar-refractivity contribution in [3.63, 3.8) is 0 Å². The number of nitro benzene ring substituents is 3. The van der Waals surface area contributed by atoms with Gasteiger partial charge in [-0.3, -0.25) is 30.3 Å². The van der Waals surface area contributed by atoms with E-state index in [0.29, 0.717) is 22.2 Å². The minimum absolute atomic E-state index is 0.326. The number of hydrogen-bond acceptors (Lipinski definition) is 10. The second-order valence-corrected chi connectivity index (χ2v) is 8.60. The van der Waals surface area contributed by atoms with Gasteiger partial charge in [0.2, 0.25) is 0 Å². The molecule has 4 amide bonds. The summed E-state index contributed by atoms with van der Waals surface area (Å²) in [7, 11) is 0. The minimum atomic E-state index is -1.41. The molecule has 0 heterocycles. The summed E-state index contributed by atoms with van der Waals surface area (Å²) < 4.78 is 14.5. The summed E-state index contributed by atoms with van der Waals surface area (Å²) >= 11 is 0. The normalized spacial score (nSPS) is 10.4. The SMILES string of the molecule is O=C(Nc1ccccc1F)N(c1ccc([N+](=O)[O-])cc1O)N(C(=O)Nc1ccccc1[N+](=O)[O-])c1ccc([N+](=O)[O-])cc1O. The average Bonchev–Trinajstić information content (AvgIpc) is 2.97. The molecule has 0 aliphatic rings. The van der Waals surface area contributed by atoms with Crippen LogP contribution in [0.2, 0.25) is 0 Å². The van der Waals surface area contributed by atoms with Crippen molar-refractivity contribution < 1.29 is 39.0 Å². The molecule has 0 aliphatic carbocycles. The van der Waals surface area contributed by atoms with E-state index in [9.17, 15) is 54.5 Å². The molecule has 224 valence electrons. The second-order valence-electron chi connectivity index (χ2n) is 8.60. The highest BCUT2D eigenvalue weighted by Gasteiger charge is 2.35. The summed E-state index contributed by atoms with van der Waals surface area (Å²) in [5.41, 5.74) is -3.95. The molecule has 44 heavy (non-hydrogen) atoms. The number of non-ortho nitro benzene ring substituents is 2. The maximum Gasteiger partial charge on any atom is 0.346 e. The van der Waals surface area contributed by atoms with E-state index in [4.69, 9.17) is 0 Å². The Morgan fingerprint density at radius 3 is 1.50 bits per heavy atom. The summed E-state index contributed by atoms with van der Waals surface area (Å²) in [4.78, 5) is 59.2. The summed E-state index contributed by atoms with van der Waals surface area (Å²) in [6.45, 7) is 0. The van der Waals surface area contributed by atoms with E-state index in [1.165, 1.54) is 24.3 Å². The van der Waals surface area contributed by atoms with Crippen molar-refractivity contribution in [3.05, 3.63) is 121 Å². The van der Waals surface area contributed by atoms with Crippen LogP contribution < -0.4 is 20.7 Å². The van der Waals surface area contributed by atoms with E-state index < -0.39 is 84.0 Å². The molecule has 17 nitrogen and oxygen atoms in total. The first-order valence-corrected chi connectivity index (χ1v) is 12.0. The summed E-state index contributed by atoms with van der Waals surface area (Å²) in [6.07, 6.45) is 0. The molecule has 18 heteroatoms. The number of nitro groups is 3. The predicted molar refractivity (Wildman–Crippen MR) is 152 cm³/mol. The number of nitrogens with one attached hydrogen (secondary N) is 2. The smallest absolute Gasteiger partial charge is 0.346 e. The van der Waals surface area contributed by atoms with Crippen molar-refractivity contribution in [2.45, 2.75) is 0 Å². The van der Waals surface area contributed by atoms with Crippen LogP contribution in [0.4, 0.5) is 53.8 Å². The molecule has 0 radical (unpaired) electrons. The highest BCUT2D eigenvalue weighted by molar-refractivity contribution is 6.14. The lowest BCUT2D eigenvalue weighted by Crippen LogP contribution is -2.54. The van der Waals surface area contributed by atoms with Crippen LogP contribution >= 0.6 is 0 Å². The van der Waals surface area contributed by atoms with Crippen LogP contribution in [0.15, 0.2) is 84.9 Å². The van der Waals surface area contributed by atoms with Gasteiger partial charge in [-0.15, -0.1) is 0 Å². The fraction of sp³-hybridized carbons (Fsp3) is 0. The van der Waals surface area contributed by atoms with Gasteiger partial charge < -0.3 is 20.8 Å². The monoisotopic (exact) mass is 607 g/mol. The molecule has 4 aromatic rings. The van der Waals surface area contributed by atoms with Crippen molar-refractivity contribution >= 4 is 51.9 Å². The predicted octanol–water partition coefficient (Wildman–Crippen LogP) is 5.65. The third kappa shape index (κ3) is 6.22. The summed E-state index contributed by atoms with van der Waals surface area (Å²) in [5.74, 6) is -2.84. The number of anilines is 4. The molecule has 4 N–H and O–H groups in total. The molecule has 0 saturated heterocycles. The van der Waals surface area contributed by atoms with Gasteiger partial charge in [0, 0.05) is 18.2 Å². The molecule has 4 aromatic carbocycles. The quantitative estimate of drug-likeness (QED) is 0.149. The Balaban J connectivity index is 1.95. The standard InChI is InChI=1S/C26H18FN7O10/c27-17-5-1-2-6-18(17)28-25(37)30(21-11-9-15(32(39)40)13-23(21)35)31(22-12-10-16(33(41)42)14-24(22)36)26(38)29-19-7-3-4-8-20(19)34(43)44/h1-14,35-36H,(H,28,37)(H,29,38). The molecule has 0 unspecified atom stereocenters. The van der Waals surface area contributed by atoms with E-state index in [-0.39, 0.29) is 0 Å². The number of nitrogens with zero attached hydrogens (tertiary/aromatic N) is 5. The van der Waals surface area contributed by atoms with Gasteiger partial charge in [0.15, 0.2) is 0 Å². The van der Waals surface area contributed by atoms with Gasteiger partial charge in [-0.1, -0.05) is 24.3 Å². The Hall–Kier alpha value is -6.85. The van der Waals surface area contributed by atoms with Crippen LogP contribution in [-0.4, -0.2) is 37.0 Å². The van der Waals surface area contributed by atoms with Gasteiger partial charge >= 0.3 is 12.1 Å². The lowest BCUT2D eigenvalue weighted by Gasteiger charge is -2.35. The van der Waals surface area contributed by atoms with Gasteiger partial charge in [0.05, 0.1) is 32.6 Å². The minimum Gasteiger partial charge on any atom is -0.505 e. The summed E-state index contributed by atoms with van der Waals surface area (Å²) in [6, 6.07) is 11.5. The average molecular weight is 607 g/mol. The number of para-hydroxylation sites is 3. The van der Waals surface area contributed by atoms with Gasteiger partial charge in [0.25, 0.3) is 17.1 Å². The molecular weight excluding hydrogens is 589 g/mol. The van der Waals surface area contributed by atoms with Gasteiger partial charge in [-0.05, 0) is 30.3 Å². The molecule has 0 fully saturated rings. The number of hydrazine groups is 1. The molecule has 0 bridgehead atoms. The largest absolute Gasteiger partial charge is 0.505 e. The van der Waals surface area contributed by atoms with Crippen LogP contribution in [0.3, 0.4) is 0 Å². The Labute approximate surface area is 244 Å². The van der Waals surface area contributed by atoms with Crippen LogP contribution in [-0.2, 0) is 0 Å². The number of aromatic hydroxyl groups is 2. The van der Waals surface area contributed by atoms with Crippen molar-refractivity contribution in [1.82, 2.24) is 0 Å². The highest BCUT2D eigenvalue weighted by Crippen LogP contribution is 2.39. The molecule has 0 aromatic heterocycles. The Morgan fingerprint density at radius 2 is 1.07 bits per heavy atom. The van der Waals surface area contributed by atoms with Crippen LogP contribution in [0, 0.1) is 36.2 Å². The first-order chi connectivity index (χ1) is 20.9. The third-order valence-electron chi connectivity index (χ3n) is 5.84. The first kappa shape index (κ1) is 30.1. The van der Waals surface area contributed by atoms with E-state index in [2.05, 4.69) is 10.6 Å². The van der Waals surface area contributed by atoms with Crippen LogP contribution in [0.1, 0.15) is 0 Å². The van der Waals surface area contributed by atoms with Crippen LogP contribution in [0.25, 0.3) is 0 Å². The zero-order valence-corrected chi connectivity index (χ0v) is 21.9. The maximum absolute atomic E-state index is 14.5. The third-order valence-corrected chi connectivity index (χ3v) is 5.84. The molecule has 0 spiro atoms. The Bertz CT molecular complexity index is 1820. The number of carbonyl (C=O) groups is 2. The zero-order chi connectivity index (χ0) is 32.1.